The van der Waals surface area contributed by atoms with E-state index in [1.165, 1.54) is 0 Å². The Bertz CT molecular complexity index is 1040. The van der Waals surface area contributed by atoms with Crippen LogP contribution in [0.3, 0.4) is 0 Å². The van der Waals surface area contributed by atoms with Crippen molar-refractivity contribution in [3.63, 3.8) is 0 Å². The van der Waals surface area contributed by atoms with E-state index in [0.29, 0.717) is 10.6 Å². The van der Waals surface area contributed by atoms with Crippen LogP contribution in [0.4, 0.5) is 0 Å². The molecule has 0 amide bonds. The molecule has 3 rings (SSSR count). The van der Waals surface area contributed by atoms with E-state index in [9.17, 15) is 9.67 Å². The Morgan fingerprint density at radius 2 is 1.00 bits per heavy atom. The summed E-state index contributed by atoms with van der Waals surface area (Å²) in [6, 6.07) is 25.7. The van der Waals surface area contributed by atoms with E-state index in [-0.39, 0.29) is 5.56 Å². The Labute approximate surface area is 190 Å². The van der Waals surface area contributed by atoms with Crippen LogP contribution in [0.25, 0.3) is 0 Å². The first kappa shape index (κ1) is 24.6. The van der Waals surface area contributed by atoms with Crippen molar-refractivity contribution in [2.24, 2.45) is 0 Å². The molecule has 1 N–H and O–H groups in total. The van der Waals surface area contributed by atoms with Gasteiger partial charge < -0.3 is 18.7 Å². The summed E-state index contributed by atoms with van der Waals surface area (Å²) in [4.78, 5) is 0. The number of aliphatic hydroxyl groups is 1. The van der Waals surface area contributed by atoms with Crippen LogP contribution in [0.15, 0.2) is 91.0 Å². The van der Waals surface area contributed by atoms with E-state index in [2.05, 4.69) is 0 Å². The van der Waals surface area contributed by atoms with Crippen molar-refractivity contribution in [3.05, 3.63) is 96.6 Å². The van der Waals surface area contributed by atoms with E-state index in [0.717, 1.165) is 0 Å². The summed E-state index contributed by atoms with van der Waals surface area (Å²) in [6.45, 7) is 6.82. The molecule has 0 fully saturated rings. The number of hydrogen-bond acceptors (Lipinski definition) is 5. The summed E-state index contributed by atoms with van der Waals surface area (Å²) in [5.41, 5.74) is 0.209. The Morgan fingerprint density at radius 3 is 1.34 bits per heavy atom. The third-order valence-corrected chi connectivity index (χ3v) is 12.1. The van der Waals surface area contributed by atoms with E-state index in [1.54, 1.807) is 119 Å². The van der Waals surface area contributed by atoms with Crippen LogP contribution in [-0.4, -0.2) is 17.3 Å². The van der Waals surface area contributed by atoms with Crippen molar-refractivity contribution in [3.8, 4) is 0 Å². The van der Waals surface area contributed by atoms with Gasteiger partial charge in [-0.2, -0.15) is 0 Å². The minimum atomic E-state index is -4.44. The molecule has 0 radical (unpaired) electrons. The van der Waals surface area contributed by atoms with Crippen LogP contribution >= 0.6 is 14.7 Å². The van der Waals surface area contributed by atoms with Gasteiger partial charge in [-0.25, -0.2) is 0 Å². The monoisotopic (exact) mass is 472 g/mol. The number of rotatable bonds is 9. The SMILES string of the molecule is CC(C)OP(=O)(OC(C)C)C(O)(c1ccccc1)P(=O)(c1ccccc1)c1ccccc1. The van der Waals surface area contributed by atoms with Crippen molar-refractivity contribution < 1.29 is 23.3 Å². The smallest absolute Gasteiger partial charge is 0.367 e. The fourth-order valence-electron chi connectivity index (χ4n) is 3.69. The third kappa shape index (κ3) is 4.41. The van der Waals surface area contributed by atoms with Gasteiger partial charge in [0.15, 0.2) is 7.14 Å². The average Bonchev–Trinajstić information content (AvgIpc) is 2.78. The lowest BCUT2D eigenvalue weighted by Crippen LogP contribution is -2.38. The van der Waals surface area contributed by atoms with Gasteiger partial charge in [0.05, 0.1) is 12.2 Å². The fourth-order valence-corrected chi connectivity index (χ4v) is 10.7. The highest BCUT2D eigenvalue weighted by atomic mass is 31.2. The van der Waals surface area contributed by atoms with E-state index < -0.39 is 32.0 Å². The van der Waals surface area contributed by atoms with Crippen LogP contribution in [0.2, 0.25) is 0 Å². The topological polar surface area (TPSA) is 72.8 Å². The molecule has 0 aromatic heterocycles. The van der Waals surface area contributed by atoms with Gasteiger partial charge in [0.2, 0.25) is 0 Å². The van der Waals surface area contributed by atoms with Gasteiger partial charge in [-0.1, -0.05) is 91.0 Å². The first-order valence-corrected chi connectivity index (χ1v) is 13.9. The Balaban J connectivity index is 2.47. The summed E-state index contributed by atoms with van der Waals surface area (Å²) >= 11 is 0. The first-order chi connectivity index (χ1) is 15.1. The second kappa shape index (κ2) is 9.87. The highest BCUT2D eigenvalue weighted by Crippen LogP contribution is 2.79. The molecule has 5 nitrogen and oxygen atoms in total. The number of benzene rings is 3. The van der Waals surface area contributed by atoms with E-state index >= 15 is 4.57 Å². The van der Waals surface area contributed by atoms with Crippen molar-refractivity contribution in [2.45, 2.75) is 45.0 Å². The van der Waals surface area contributed by atoms with Crippen LogP contribution < -0.4 is 10.6 Å². The van der Waals surface area contributed by atoms with Crippen LogP contribution in [-0.2, 0) is 23.3 Å². The molecular formula is C25H30O5P2. The van der Waals surface area contributed by atoms with Crippen molar-refractivity contribution in [2.75, 3.05) is 0 Å². The second-order valence-corrected chi connectivity index (χ2v) is 13.4. The molecule has 0 spiro atoms. The summed E-state index contributed by atoms with van der Waals surface area (Å²) < 4.78 is 41.6. The molecule has 0 saturated carbocycles. The summed E-state index contributed by atoms with van der Waals surface area (Å²) in [6.07, 6.45) is -1.09. The predicted octanol–water partition coefficient (Wildman–Crippen LogP) is 5.85. The molecule has 0 aliphatic heterocycles. The second-order valence-electron chi connectivity index (χ2n) is 8.09. The van der Waals surface area contributed by atoms with Crippen molar-refractivity contribution >= 4 is 25.3 Å². The Kier molecular flexibility index (Phi) is 7.60. The maximum Gasteiger partial charge on any atom is 0.375 e. The Morgan fingerprint density at radius 1 is 0.656 bits per heavy atom. The molecule has 0 bridgehead atoms. The van der Waals surface area contributed by atoms with Gasteiger partial charge in [0, 0.05) is 16.2 Å². The molecule has 3 aromatic carbocycles. The summed E-state index contributed by atoms with van der Waals surface area (Å²) in [5, 5.41) is 10.8. The van der Waals surface area contributed by atoms with E-state index in [4.69, 9.17) is 9.05 Å². The van der Waals surface area contributed by atoms with Gasteiger partial charge >= 0.3 is 7.60 Å². The zero-order valence-electron chi connectivity index (χ0n) is 18.8. The van der Waals surface area contributed by atoms with Crippen LogP contribution in [0, 0.1) is 0 Å². The summed E-state index contributed by atoms with van der Waals surface area (Å²) in [7, 11) is -8.50. The van der Waals surface area contributed by atoms with Gasteiger partial charge in [-0.15, -0.1) is 0 Å². The molecule has 32 heavy (non-hydrogen) atoms. The molecule has 7 heteroatoms. The van der Waals surface area contributed by atoms with Gasteiger partial charge in [0.1, 0.15) is 0 Å². The maximum absolute atomic E-state index is 15.3. The molecule has 0 aliphatic carbocycles. The Hall–Kier alpha value is -2.00. The lowest BCUT2D eigenvalue weighted by Gasteiger charge is -2.42. The molecular weight excluding hydrogens is 442 g/mol. The zero-order chi connectivity index (χ0) is 23.4. The van der Waals surface area contributed by atoms with Crippen molar-refractivity contribution in [1.29, 1.82) is 0 Å². The lowest BCUT2D eigenvalue weighted by molar-refractivity contribution is 0.0838. The highest BCUT2D eigenvalue weighted by Gasteiger charge is 2.65. The molecule has 1 unspecified atom stereocenters. The first-order valence-electron chi connectivity index (χ1n) is 10.6. The van der Waals surface area contributed by atoms with Gasteiger partial charge in [-0.05, 0) is 27.7 Å². The molecule has 0 aliphatic rings. The zero-order valence-corrected chi connectivity index (χ0v) is 20.6. The molecule has 0 saturated heterocycles. The quantitative estimate of drug-likeness (QED) is 0.396. The molecule has 0 heterocycles. The maximum atomic E-state index is 15.3. The summed E-state index contributed by atoms with van der Waals surface area (Å²) in [5.74, 6) is 0. The minimum absolute atomic E-state index is 0.209. The van der Waals surface area contributed by atoms with Crippen LogP contribution in [0.1, 0.15) is 33.3 Å². The van der Waals surface area contributed by atoms with Gasteiger partial charge in [-0.3, -0.25) is 4.57 Å². The standard InChI is InChI=1S/C25H30O5P2/c1-20(2)29-32(28,30-21(3)4)25(26,22-14-8-5-9-15-22)31(27,23-16-10-6-11-17-23)24-18-12-7-13-19-24/h5-21,26H,1-4H3. The fraction of sp³-hybridized carbons (Fsp3) is 0.280. The third-order valence-electron chi connectivity index (χ3n) is 4.92. The molecule has 1 atom stereocenters. The molecule has 3 aromatic rings. The number of hydrogen-bond donors (Lipinski definition) is 1. The highest BCUT2D eigenvalue weighted by molar-refractivity contribution is 7.88. The van der Waals surface area contributed by atoms with Gasteiger partial charge in [0.25, 0.3) is 5.08 Å². The predicted molar refractivity (Wildman–Crippen MR) is 130 cm³/mol. The average molecular weight is 472 g/mol. The molecule has 170 valence electrons. The normalized spacial score (nSPS) is 14.5. The largest absolute Gasteiger partial charge is 0.375 e. The minimum Gasteiger partial charge on any atom is -0.367 e. The lowest BCUT2D eigenvalue weighted by atomic mass is 10.2. The van der Waals surface area contributed by atoms with Crippen LogP contribution in [0.5, 0.6) is 0 Å². The van der Waals surface area contributed by atoms with Crippen molar-refractivity contribution in [1.82, 2.24) is 0 Å². The van der Waals surface area contributed by atoms with E-state index in [1.807, 2.05) is 0 Å².